The van der Waals surface area contributed by atoms with Crippen LogP contribution in [0, 0.1) is 10.5 Å². The van der Waals surface area contributed by atoms with Crippen molar-refractivity contribution in [2.24, 2.45) is 0 Å². The summed E-state index contributed by atoms with van der Waals surface area (Å²) >= 11 is 8.03. The summed E-state index contributed by atoms with van der Waals surface area (Å²) in [6.45, 7) is 5.31. The molecule has 0 fully saturated rings. The normalized spacial score (nSPS) is 11.1. The molecule has 4 nitrogen and oxygen atoms in total. The summed E-state index contributed by atoms with van der Waals surface area (Å²) in [4.78, 5) is 16.7. The van der Waals surface area contributed by atoms with E-state index in [1.165, 1.54) is 0 Å². The van der Waals surface area contributed by atoms with Crippen LogP contribution in [0.1, 0.15) is 19.5 Å². The number of amides is 1. The fourth-order valence-electron chi connectivity index (χ4n) is 1.72. The van der Waals surface area contributed by atoms with Crippen LogP contribution in [0.15, 0.2) is 36.4 Å². The zero-order valence-electron chi connectivity index (χ0n) is 12.5. The number of anilines is 1. The summed E-state index contributed by atoms with van der Waals surface area (Å²) in [5, 5.41) is 3.40. The SMILES string of the molecule is Cc1nc(NC(=O)C(C)(C)Oc2ccc(Cl)cc2)ccc1I. The Balaban J connectivity index is 2.09. The van der Waals surface area contributed by atoms with E-state index in [4.69, 9.17) is 16.3 Å². The molecular formula is C16H16ClIN2O2. The van der Waals surface area contributed by atoms with Gasteiger partial charge >= 0.3 is 0 Å². The number of hydrogen-bond acceptors (Lipinski definition) is 3. The molecule has 22 heavy (non-hydrogen) atoms. The van der Waals surface area contributed by atoms with Gasteiger partial charge in [-0.15, -0.1) is 0 Å². The molecule has 0 aliphatic rings. The van der Waals surface area contributed by atoms with Gasteiger partial charge in [-0.05, 0) is 79.8 Å². The zero-order valence-corrected chi connectivity index (χ0v) is 15.4. The van der Waals surface area contributed by atoms with Gasteiger partial charge in [0, 0.05) is 8.59 Å². The van der Waals surface area contributed by atoms with Crippen molar-refractivity contribution in [2.75, 3.05) is 5.32 Å². The first-order valence-electron chi connectivity index (χ1n) is 6.67. The fraction of sp³-hybridized carbons (Fsp3) is 0.250. The smallest absolute Gasteiger partial charge is 0.269 e. The first-order valence-corrected chi connectivity index (χ1v) is 8.13. The van der Waals surface area contributed by atoms with Gasteiger partial charge in [0.05, 0.1) is 5.69 Å². The van der Waals surface area contributed by atoms with Crippen molar-refractivity contribution in [2.45, 2.75) is 26.4 Å². The highest BCUT2D eigenvalue weighted by Gasteiger charge is 2.30. The number of hydrogen-bond donors (Lipinski definition) is 1. The molecule has 0 aliphatic heterocycles. The number of rotatable bonds is 4. The van der Waals surface area contributed by atoms with Gasteiger partial charge < -0.3 is 10.1 Å². The van der Waals surface area contributed by atoms with Gasteiger partial charge in [-0.25, -0.2) is 4.98 Å². The van der Waals surface area contributed by atoms with Crippen molar-refractivity contribution in [3.05, 3.63) is 50.7 Å². The number of carbonyl (C=O) groups is 1. The lowest BCUT2D eigenvalue weighted by molar-refractivity contribution is -0.128. The van der Waals surface area contributed by atoms with Gasteiger partial charge in [-0.1, -0.05) is 11.6 Å². The Bertz CT molecular complexity index is 687. The van der Waals surface area contributed by atoms with Crippen molar-refractivity contribution >= 4 is 45.9 Å². The van der Waals surface area contributed by atoms with Gasteiger partial charge in [0.15, 0.2) is 5.60 Å². The summed E-state index contributed by atoms with van der Waals surface area (Å²) in [5.74, 6) is 0.822. The van der Waals surface area contributed by atoms with Crippen LogP contribution in [0.3, 0.4) is 0 Å². The molecule has 1 aromatic carbocycles. The average Bonchev–Trinajstić information content (AvgIpc) is 2.45. The topological polar surface area (TPSA) is 51.2 Å². The number of nitrogens with one attached hydrogen (secondary N) is 1. The molecule has 0 radical (unpaired) electrons. The minimum atomic E-state index is -1.04. The van der Waals surface area contributed by atoms with Gasteiger partial charge in [0.1, 0.15) is 11.6 Å². The summed E-state index contributed by atoms with van der Waals surface area (Å²) in [6.07, 6.45) is 0. The summed E-state index contributed by atoms with van der Waals surface area (Å²) in [7, 11) is 0. The van der Waals surface area contributed by atoms with Crippen molar-refractivity contribution in [3.8, 4) is 5.75 Å². The molecule has 1 aromatic heterocycles. The molecular weight excluding hydrogens is 415 g/mol. The lowest BCUT2D eigenvalue weighted by Crippen LogP contribution is -2.42. The third-order valence-corrected chi connectivity index (χ3v) is 4.39. The van der Waals surface area contributed by atoms with Crippen molar-refractivity contribution in [1.82, 2.24) is 4.98 Å². The number of benzene rings is 1. The molecule has 0 atom stereocenters. The molecule has 2 aromatic rings. The number of pyridine rings is 1. The van der Waals surface area contributed by atoms with E-state index in [9.17, 15) is 4.79 Å². The van der Waals surface area contributed by atoms with E-state index in [0.29, 0.717) is 16.6 Å². The maximum absolute atomic E-state index is 12.4. The van der Waals surface area contributed by atoms with Crippen molar-refractivity contribution < 1.29 is 9.53 Å². The van der Waals surface area contributed by atoms with Crippen molar-refractivity contribution in [1.29, 1.82) is 0 Å². The maximum atomic E-state index is 12.4. The maximum Gasteiger partial charge on any atom is 0.269 e. The van der Waals surface area contributed by atoms with E-state index < -0.39 is 5.60 Å². The highest BCUT2D eigenvalue weighted by Crippen LogP contribution is 2.22. The number of carbonyl (C=O) groups excluding carboxylic acids is 1. The second-order valence-corrected chi connectivity index (χ2v) is 6.88. The van der Waals surface area contributed by atoms with E-state index in [0.717, 1.165) is 9.26 Å². The minimum Gasteiger partial charge on any atom is -0.478 e. The first kappa shape index (κ1) is 17.0. The molecule has 1 heterocycles. The monoisotopic (exact) mass is 430 g/mol. The third-order valence-electron chi connectivity index (χ3n) is 3.00. The van der Waals surface area contributed by atoms with Gasteiger partial charge in [0.2, 0.25) is 0 Å². The Kier molecular flexibility index (Phi) is 5.28. The predicted molar refractivity (Wildman–Crippen MR) is 96.5 cm³/mol. The van der Waals surface area contributed by atoms with E-state index in [2.05, 4.69) is 32.9 Å². The van der Waals surface area contributed by atoms with E-state index in [1.807, 2.05) is 13.0 Å². The van der Waals surface area contributed by atoms with Crippen LogP contribution >= 0.6 is 34.2 Å². The lowest BCUT2D eigenvalue weighted by Gasteiger charge is -2.25. The second kappa shape index (κ2) is 6.83. The molecule has 2 rings (SSSR count). The van der Waals surface area contributed by atoms with Crippen molar-refractivity contribution in [3.63, 3.8) is 0 Å². The number of aryl methyl sites for hydroxylation is 1. The van der Waals surface area contributed by atoms with Gasteiger partial charge in [-0.2, -0.15) is 0 Å². The standard InChI is InChI=1S/C16H16ClIN2O2/c1-10-13(18)8-9-14(19-10)20-15(21)16(2,3)22-12-6-4-11(17)5-7-12/h4-9H,1-3H3,(H,19,20,21). The molecule has 0 saturated carbocycles. The quantitative estimate of drug-likeness (QED) is 0.730. The second-order valence-electron chi connectivity index (χ2n) is 5.28. The van der Waals surface area contributed by atoms with E-state index in [1.54, 1.807) is 44.2 Å². The van der Waals surface area contributed by atoms with E-state index >= 15 is 0 Å². The number of aromatic nitrogens is 1. The predicted octanol–water partition coefficient (Wildman–Crippen LogP) is 4.44. The highest BCUT2D eigenvalue weighted by atomic mass is 127. The number of ether oxygens (including phenoxy) is 1. The first-order chi connectivity index (χ1) is 10.3. The van der Waals surface area contributed by atoms with Crippen LogP contribution < -0.4 is 10.1 Å². The molecule has 0 spiro atoms. The number of nitrogens with zero attached hydrogens (tertiary/aromatic N) is 1. The molecule has 0 bridgehead atoms. The zero-order chi connectivity index (χ0) is 16.3. The Morgan fingerprint density at radius 3 is 2.45 bits per heavy atom. The largest absolute Gasteiger partial charge is 0.478 e. The van der Waals surface area contributed by atoms with Crippen LogP contribution in [0.5, 0.6) is 5.75 Å². The van der Waals surface area contributed by atoms with Crippen LogP contribution in [-0.4, -0.2) is 16.5 Å². The molecule has 0 unspecified atom stereocenters. The molecule has 6 heteroatoms. The molecule has 1 N–H and O–H groups in total. The number of halogens is 2. The Morgan fingerprint density at radius 2 is 1.86 bits per heavy atom. The summed E-state index contributed by atoms with van der Waals surface area (Å²) in [5.41, 5.74) is -0.165. The Morgan fingerprint density at radius 1 is 1.23 bits per heavy atom. The molecule has 116 valence electrons. The minimum absolute atomic E-state index is 0.268. The fourth-order valence-corrected chi connectivity index (χ4v) is 2.15. The van der Waals surface area contributed by atoms with Crippen LogP contribution in [0.2, 0.25) is 5.02 Å². The summed E-state index contributed by atoms with van der Waals surface area (Å²) in [6, 6.07) is 10.6. The Hall–Kier alpha value is -1.34. The van der Waals surface area contributed by atoms with Crippen LogP contribution in [0.4, 0.5) is 5.82 Å². The van der Waals surface area contributed by atoms with Crippen LogP contribution in [0.25, 0.3) is 0 Å². The highest BCUT2D eigenvalue weighted by molar-refractivity contribution is 14.1. The van der Waals surface area contributed by atoms with Crippen LogP contribution in [-0.2, 0) is 4.79 Å². The van der Waals surface area contributed by atoms with E-state index in [-0.39, 0.29) is 5.91 Å². The molecule has 1 amide bonds. The average molecular weight is 431 g/mol. The molecule has 0 aliphatic carbocycles. The summed E-state index contributed by atoms with van der Waals surface area (Å²) < 4.78 is 6.79. The third kappa shape index (κ3) is 4.33. The van der Waals surface area contributed by atoms with Gasteiger partial charge in [0.25, 0.3) is 5.91 Å². The lowest BCUT2D eigenvalue weighted by atomic mass is 10.1. The van der Waals surface area contributed by atoms with Gasteiger partial charge in [-0.3, -0.25) is 4.79 Å². The Labute approximate surface area is 148 Å². The molecule has 0 saturated heterocycles.